The van der Waals surface area contributed by atoms with Gasteiger partial charge in [0.15, 0.2) is 0 Å². The Kier molecular flexibility index (Phi) is 5.69. The third-order valence-corrected chi connectivity index (χ3v) is 4.66. The Balaban J connectivity index is 1.86. The van der Waals surface area contributed by atoms with Crippen molar-refractivity contribution in [1.29, 1.82) is 0 Å². The van der Waals surface area contributed by atoms with E-state index in [2.05, 4.69) is 55.7 Å². The van der Waals surface area contributed by atoms with E-state index in [0.717, 1.165) is 31.2 Å². The monoisotopic (exact) mass is 318 g/mol. The second-order valence-corrected chi connectivity index (χ2v) is 7.72. The minimum Gasteiger partial charge on any atom is -0.393 e. The van der Waals surface area contributed by atoms with Crippen molar-refractivity contribution in [2.45, 2.75) is 77.0 Å². The van der Waals surface area contributed by atoms with Crippen LogP contribution in [0.15, 0.2) is 24.3 Å². The maximum atomic E-state index is 12.1. The van der Waals surface area contributed by atoms with Crippen molar-refractivity contribution in [2.75, 3.05) is 0 Å². The van der Waals surface area contributed by atoms with Crippen molar-refractivity contribution in [1.82, 2.24) is 10.6 Å². The summed E-state index contributed by atoms with van der Waals surface area (Å²) in [7, 11) is 0. The van der Waals surface area contributed by atoms with Crippen LogP contribution in [0.5, 0.6) is 0 Å². The van der Waals surface area contributed by atoms with E-state index < -0.39 is 0 Å². The normalized spacial score (nSPS) is 23.2. The van der Waals surface area contributed by atoms with Gasteiger partial charge in [0.2, 0.25) is 0 Å². The van der Waals surface area contributed by atoms with E-state index >= 15 is 0 Å². The van der Waals surface area contributed by atoms with Crippen molar-refractivity contribution in [3.8, 4) is 0 Å². The van der Waals surface area contributed by atoms with E-state index in [0.29, 0.717) is 0 Å². The molecule has 0 radical (unpaired) electrons. The molecule has 128 valence electrons. The molecule has 1 aliphatic rings. The van der Waals surface area contributed by atoms with E-state index in [1.807, 2.05) is 6.92 Å². The molecule has 0 heterocycles. The van der Waals surface area contributed by atoms with Gasteiger partial charge in [0.05, 0.1) is 12.1 Å². The second-order valence-electron chi connectivity index (χ2n) is 7.72. The van der Waals surface area contributed by atoms with Gasteiger partial charge in [-0.25, -0.2) is 4.79 Å². The van der Waals surface area contributed by atoms with Crippen LogP contribution in [0.25, 0.3) is 0 Å². The number of benzene rings is 1. The van der Waals surface area contributed by atoms with E-state index in [1.165, 1.54) is 5.56 Å². The highest BCUT2D eigenvalue weighted by Crippen LogP contribution is 2.24. The van der Waals surface area contributed by atoms with Gasteiger partial charge in [-0.2, -0.15) is 0 Å². The molecule has 1 aromatic carbocycles. The van der Waals surface area contributed by atoms with Gasteiger partial charge in [-0.3, -0.25) is 0 Å². The number of carbonyl (C=O) groups is 1. The molecule has 0 bridgehead atoms. The summed E-state index contributed by atoms with van der Waals surface area (Å²) in [5, 5.41) is 15.5. The zero-order chi connectivity index (χ0) is 17.0. The molecular formula is C19H30N2O2. The predicted octanol–water partition coefficient (Wildman–Crippen LogP) is 3.65. The molecule has 1 saturated carbocycles. The molecule has 0 aliphatic heterocycles. The molecule has 2 amide bonds. The van der Waals surface area contributed by atoms with Gasteiger partial charge in [0.25, 0.3) is 0 Å². The van der Waals surface area contributed by atoms with Crippen LogP contribution in [0.4, 0.5) is 4.79 Å². The fourth-order valence-electron chi connectivity index (χ4n) is 3.00. The van der Waals surface area contributed by atoms with E-state index in [4.69, 9.17) is 0 Å². The van der Waals surface area contributed by atoms with Crippen LogP contribution in [0, 0.1) is 0 Å². The lowest BCUT2D eigenvalue weighted by atomic mass is 9.86. The van der Waals surface area contributed by atoms with Crippen LogP contribution >= 0.6 is 0 Å². The molecule has 1 aliphatic carbocycles. The zero-order valence-electron chi connectivity index (χ0n) is 14.7. The summed E-state index contributed by atoms with van der Waals surface area (Å²) in [6.45, 7) is 8.57. The highest BCUT2D eigenvalue weighted by Gasteiger charge is 2.21. The Morgan fingerprint density at radius 3 is 2.22 bits per heavy atom. The Morgan fingerprint density at radius 1 is 1.13 bits per heavy atom. The van der Waals surface area contributed by atoms with Crippen molar-refractivity contribution in [2.24, 2.45) is 0 Å². The first-order valence-electron chi connectivity index (χ1n) is 8.61. The average molecular weight is 318 g/mol. The molecule has 0 aromatic heterocycles. The van der Waals surface area contributed by atoms with Crippen molar-refractivity contribution in [3.63, 3.8) is 0 Å². The maximum Gasteiger partial charge on any atom is 0.315 e. The van der Waals surface area contributed by atoms with Crippen LogP contribution in [0.2, 0.25) is 0 Å². The quantitative estimate of drug-likeness (QED) is 0.796. The highest BCUT2D eigenvalue weighted by molar-refractivity contribution is 5.74. The van der Waals surface area contributed by atoms with Gasteiger partial charge >= 0.3 is 6.03 Å². The first kappa shape index (κ1) is 17.8. The van der Waals surface area contributed by atoms with Crippen LogP contribution in [-0.2, 0) is 5.41 Å². The molecule has 0 saturated heterocycles. The number of aliphatic hydroxyl groups excluding tert-OH is 1. The lowest BCUT2D eigenvalue weighted by Gasteiger charge is -2.27. The molecule has 1 aromatic rings. The zero-order valence-corrected chi connectivity index (χ0v) is 14.7. The van der Waals surface area contributed by atoms with Crippen molar-refractivity contribution in [3.05, 3.63) is 35.4 Å². The van der Waals surface area contributed by atoms with Crippen LogP contribution in [0.1, 0.15) is 70.5 Å². The maximum absolute atomic E-state index is 12.1. The first-order valence-corrected chi connectivity index (χ1v) is 8.61. The predicted molar refractivity (Wildman–Crippen MR) is 93.5 cm³/mol. The largest absolute Gasteiger partial charge is 0.393 e. The molecule has 23 heavy (non-hydrogen) atoms. The summed E-state index contributed by atoms with van der Waals surface area (Å²) in [4.78, 5) is 12.1. The number of amides is 2. The lowest BCUT2D eigenvalue weighted by molar-refractivity contribution is 0.117. The molecule has 2 rings (SSSR count). The van der Waals surface area contributed by atoms with E-state index in [-0.39, 0.29) is 29.6 Å². The Hall–Kier alpha value is -1.55. The minimum absolute atomic E-state index is 0.0294. The lowest BCUT2D eigenvalue weighted by Crippen LogP contribution is -2.44. The van der Waals surface area contributed by atoms with E-state index in [1.54, 1.807) is 0 Å². The summed E-state index contributed by atoms with van der Waals surface area (Å²) in [6, 6.07) is 8.46. The highest BCUT2D eigenvalue weighted by atomic mass is 16.3. The third-order valence-electron chi connectivity index (χ3n) is 4.66. The molecule has 0 spiro atoms. The number of aliphatic hydroxyl groups is 1. The molecular weight excluding hydrogens is 288 g/mol. The van der Waals surface area contributed by atoms with E-state index in [9.17, 15) is 9.90 Å². The van der Waals surface area contributed by atoms with Gasteiger partial charge < -0.3 is 15.7 Å². The van der Waals surface area contributed by atoms with Crippen LogP contribution < -0.4 is 10.6 Å². The first-order chi connectivity index (χ1) is 10.8. The molecule has 4 heteroatoms. The SMILES string of the molecule is CC(NC(=O)NC1CCC(O)CC1)c1ccc(C(C)(C)C)cc1. The second kappa shape index (κ2) is 7.35. The van der Waals surface area contributed by atoms with Crippen molar-refractivity contribution < 1.29 is 9.90 Å². The fourth-order valence-corrected chi connectivity index (χ4v) is 3.00. The molecule has 1 unspecified atom stereocenters. The van der Waals surface area contributed by atoms with Crippen LogP contribution in [-0.4, -0.2) is 23.3 Å². The van der Waals surface area contributed by atoms with Crippen LogP contribution in [0.3, 0.4) is 0 Å². The summed E-state index contributed by atoms with van der Waals surface area (Å²) >= 11 is 0. The molecule has 1 fully saturated rings. The van der Waals surface area contributed by atoms with Gasteiger partial charge in [0.1, 0.15) is 0 Å². The smallest absolute Gasteiger partial charge is 0.315 e. The fraction of sp³-hybridized carbons (Fsp3) is 0.632. The van der Waals surface area contributed by atoms with Gasteiger partial charge in [-0.05, 0) is 49.1 Å². The molecule has 1 atom stereocenters. The number of carbonyl (C=O) groups excluding carboxylic acids is 1. The third kappa shape index (κ3) is 5.24. The number of urea groups is 1. The van der Waals surface area contributed by atoms with Gasteiger partial charge in [-0.1, -0.05) is 45.0 Å². The number of nitrogens with one attached hydrogen (secondary N) is 2. The minimum atomic E-state index is -0.198. The van der Waals surface area contributed by atoms with Gasteiger partial charge in [-0.15, -0.1) is 0 Å². The average Bonchev–Trinajstić information content (AvgIpc) is 2.49. The number of hydrogen-bond acceptors (Lipinski definition) is 2. The molecule has 4 nitrogen and oxygen atoms in total. The Morgan fingerprint density at radius 2 is 1.70 bits per heavy atom. The Bertz CT molecular complexity index is 511. The summed E-state index contributed by atoms with van der Waals surface area (Å²) in [5.41, 5.74) is 2.53. The number of hydrogen-bond donors (Lipinski definition) is 3. The topological polar surface area (TPSA) is 61.4 Å². The van der Waals surface area contributed by atoms with Gasteiger partial charge in [0, 0.05) is 6.04 Å². The summed E-state index contributed by atoms with van der Waals surface area (Å²) in [5.74, 6) is 0. The number of rotatable bonds is 3. The van der Waals surface area contributed by atoms with Crippen molar-refractivity contribution >= 4 is 6.03 Å². The molecule has 3 N–H and O–H groups in total. The standard InChI is InChI=1S/C19H30N2O2/c1-13(14-5-7-15(8-6-14)19(2,3)4)20-18(23)21-16-9-11-17(22)12-10-16/h5-8,13,16-17,22H,9-12H2,1-4H3,(H2,20,21,23). The summed E-state index contributed by atoms with van der Waals surface area (Å²) in [6.07, 6.45) is 3.05. The Labute approximate surface area is 139 Å². The summed E-state index contributed by atoms with van der Waals surface area (Å²) < 4.78 is 0.